The van der Waals surface area contributed by atoms with Gasteiger partial charge in [0.25, 0.3) is 0 Å². The van der Waals surface area contributed by atoms with Gasteiger partial charge in [-0.1, -0.05) is 28.4 Å². The molecule has 4 rings (SSSR count). The minimum atomic E-state index is -4.59. The van der Waals surface area contributed by atoms with E-state index in [2.05, 4.69) is 36.5 Å². The predicted octanol–water partition coefficient (Wildman–Crippen LogP) is 7.46. The van der Waals surface area contributed by atoms with Gasteiger partial charge in [-0.05, 0) is 68.1 Å². The Morgan fingerprint density at radius 1 is 0.938 bits per heavy atom. The molecule has 168 valence electrons. The van der Waals surface area contributed by atoms with Crippen LogP contribution in [0.5, 0.6) is 5.75 Å². The third-order valence-electron chi connectivity index (χ3n) is 5.15. The molecule has 1 saturated carbocycles. The van der Waals surface area contributed by atoms with Gasteiger partial charge in [-0.25, -0.2) is 4.98 Å². The Labute approximate surface area is 192 Å². The molecule has 0 aliphatic heterocycles. The van der Waals surface area contributed by atoms with Crippen LogP contribution in [0.25, 0.3) is 0 Å². The molecule has 5 nitrogen and oxygen atoms in total. The Hall–Kier alpha value is -2.81. The third-order valence-corrected chi connectivity index (χ3v) is 5.64. The summed E-state index contributed by atoms with van der Waals surface area (Å²) in [4.78, 5) is 7.93. The zero-order valence-corrected chi connectivity index (χ0v) is 18.7. The molecule has 1 aliphatic carbocycles. The van der Waals surface area contributed by atoms with Crippen LogP contribution in [0.4, 0.5) is 36.3 Å². The number of nitrogens with zero attached hydrogens (tertiary/aromatic N) is 2. The number of anilines is 4. The maximum atomic E-state index is 13.5. The molecule has 1 aliphatic rings. The van der Waals surface area contributed by atoms with Crippen molar-refractivity contribution in [3.05, 3.63) is 64.8 Å². The summed E-state index contributed by atoms with van der Waals surface area (Å²) in [5, 5.41) is 5.70. The van der Waals surface area contributed by atoms with Crippen LogP contribution in [0.3, 0.4) is 0 Å². The van der Waals surface area contributed by atoms with E-state index < -0.39 is 11.7 Å². The topological polar surface area (TPSA) is 59.1 Å². The lowest BCUT2D eigenvalue weighted by Crippen LogP contribution is -2.19. The van der Waals surface area contributed by atoms with E-state index in [0.29, 0.717) is 11.4 Å². The second-order valence-corrected chi connectivity index (χ2v) is 8.53. The molecule has 0 unspecified atom stereocenters. The van der Waals surface area contributed by atoms with Crippen molar-refractivity contribution in [1.82, 2.24) is 9.97 Å². The van der Waals surface area contributed by atoms with E-state index >= 15 is 0 Å². The van der Waals surface area contributed by atoms with Gasteiger partial charge in [-0.2, -0.15) is 18.2 Å². The van der Waals surface area contributed by atoms with Gasteiger partial charge in [0.05, 0.1) is 6.10 Å². The first-order chi connectivity index (χ1) is 15.4. The molecule has 2 aromatic carbocycles. The molecule has 1 fully saturated rings. The molecule has 0 atom stereocenters. The van der Waals surface area contributed by atoms with Crippen LogP contribution < -0.4 is 15.4 Å². The van der Waals surface area contributed by atoms with Crippen molar-refractivity contribution < 1.29 is 17.9 Å². The second-order valence-electron chi connectivity index (χ2n) is 7.62. The van der Waals surface area contributed by atoms with E-state index in [1.54, 1.807) is 36.4 Å². The third kappa shape index (κ3) is 5.91. The van der Waals surface area contributed by atoms with Crippen molar-refractivity contribution >= 4 is 39.1 Å². The fourth-order valence-electron chi connectivity index (χ4n) is 3.57. The summed E-state index contributed by atoms with van der Waals surface area (Å²) in [5.41, 5.74) is 0.173. The van der Waals surface area contributed by atoms with Gasteiger partial charge in [0.15, 0.2) is 0 Å². The van der Waals surface area contributed by atoms with Crippen LogP contribution in [0.1, 0.15) is 37.7 Å². The fourth-order valence-corrected chi connectivity index (χ4v) is 3.97. The van der Waals surface area contributed by atoms with Crippen LogP contribution in [0.2, 0.25) is 0 Å². The Morgan fingerprint density at radius 2 is 1.69 bits per heavy atom. The molecule has 9 heteroatoms. The fraction of sp³-hybridized carbons (Fsp3) is 0.304. The predicted molar refractivity (Wildman–Crippen MR) is 122 cm³/mol. The monoisotopic (exact) mass is 506 g/mol. The van der Waals surface area contributed by atoms with Gasteiger partial charge >= 0.3 is 6.18 Å². The molecule has 1 aromatic heterocycles. The van der Waals surface area contributed by atoms with Crippen molar-refractivity contribution in [1.29, 1.82) is 0 Å². The van der Waals surface area contributed by atoms with Crippen molar-refractivity contribution in [2.45, 2.75) is 44.4 Å². The van der Waals surface area contributed by atoms with E-state index in [1.807, 2.05) is 12.1 Å². The molecule has 0 amide bonds. The molecule has 32 heavy (non-hydrogen) atoms. The molecule has 3 aromatic rings. The van der Waals surface area contributed by atoms with Crippen molar-refractivity contribution in [3.63, 3.8) is 0 Å². The summed E-state index contributed by atoms with van der Waals surface area (Å²) in [6, 6.07) is 14.1. The van der Waals surface area contributed by atoms with Gasteiger partial charge in [0, 0.05) is 22.0 Å². The summed E-state index contributed by atoms with van der Waals surface area (Å²) in [5.74, 6) is 0.495. The van der Waals surface area contributed by atoms with Crippen molar-refractivity contribution in [3.8, 4) is 5.75 Å². The number of hydrogen-bond acceptors (Lipinski definition) is 5. The Morgan fingerprint density at radius 3 is 2.38 bits per heavy atom. The minimum absolute atomic E-state index is 0.0523. The van der Waals surface area contributed by atoms with E-state index in [1.165, 1.54) is 19.3 Å². The molecule has 1 heterocycles. The zero-order chi connectivity index (χ0) is 22.6. The average molecular weight is 507 g/mol. The van der Waals surface area contributed by atoms with E-state index in [0.717, 1.165) is 29.3 Å². The number of rotatable bonds is 6. The number of benzene rings is 2. The molecule has 0 spiro atoms. The normalized spacial score (nSPS) is 14.8. The van der Waals surface area contributed by atoms with Gasteiger partial charge < -0.3 is 15.4 Å². The molecule has 2 N–H and O–H groups in total. The highest BCUT2D eigenvalue weighted by atomic mass is 79.9. The Kier molecular flexibility index (Phi) is 6.83. The number of ether oxygens (including phenoxy) is 1. The van der Waals surface area contributed by atoms with Gasteiger partial charge in [-0.3, -0.25) is 0 Å². The van der Waals surface area contributed by atoms with Crippen LogP contribution >= 0.6 is 15.9 Å². The van der Waals surface area contributed by atoms with Gasteiger partial charge in [0.1, 0.15) is 17.1 Å². The number of halogens is 4. The quantitative estimate of drug-likeness (QED) is 0.363. The van der Waals surface area contributed by atoms with Crippen LogP contribution in [0.15, 0.2) is 59.2 Å². The van der Waals surface area contributed by atoms with E-state index in [9.17, 15) is 13.2 Å². The lowest BCUT2D eigenvalue weighted by molar-refractivity contribution is -0.137. The summed E-state index contributed by atoms with van der Waals surface area (Å²) >= 11 is 3.31. The first-order valence-electron chi connectivity index (χ1n) is 10.4. The number of nitrogens with one attached hydrogen (secondary N) is 2. The minimum Gasteiger partial charge on any atom is -0.490 e. The lowest BCUT2D eigenvalue weighted by Gasteiger charge is -2.23. The Bertz CT molecular complexity index is 1050. The maximum absolute atomic E-state index is 13.5. The molecule has 0 saturated heterocycles. The number of aromatic nitrogens is 2. The molecule has 0 bridgehead atoms. The second kappa shape index (κ2) is 9.77. The standard InChI is InChI=1S/C23H22BrF3N4O/c24-15-5-4-6-17(13-15)29-21-20(23(25,26)27)14-28-22(31-21)30-16-9-11-19(12-10-16)32-18-7-2-1-3-8-18/h4-6,9-14,18H,1-3,7-8H2,(H2,28,29,30,31). The lowest BCUT2D eigenvalue weighted by atomic mass is 9.98. The summed E-state index contributed by atoms with van der Waals surface area (Å²) in [7, 11) is 0. The van der Waals surface area contributed by atoms with Gasteiger partial charge in [0.2, 0.25) is 5.95 Å². The summed E-state index contributed by atoms with van der Waals surface area (Å²) in [6.07, 6.45) is 2.18. The SMILES string of the molecule is FC(F)(F)c1cnc(Nc2ccc(OC3CCCCC3)cc2)nc1Nc1cccc(Br)c1. The number of hydrogen-bond donors (Lipinski definition) is 2. The average Bonchev–Trinajstić information content (AvgIpc) is 2.75. The van der Waals surface area contributed by atoms with Crippen molar-refractivity contribution in [2.24, 2.45) is 0 Å². The molecular formula is C23H22BrF3N4O. The van der Waals surface area contributed by atoms with Crippen LogP contribution in [0, 0.1) is 0 Å². The highest BCUT2D eigenvalue weighted by Gasteiger charge is 2.35. The van der Waals surface area contributed by atoms with Crippen molar-refractivity contribution in [2.75, 3.05) is 10.6 Å². The molecular weight excluding hydrogens is 485 g/mol. The maximum Gasteiger partial charge on any atom is 0.421 e. The zero-order valence-electron chi connectivity index (χ0n) is 17.1. The van der Waals surface area contributed by atoms with Crippen LogP contribution in [-0.4, -0.2) is 16.1 Å². The van der Waals surface area contributed by atoms with Crippen LogP contribution in [-0.2, 0) is 6.18 Å². The molecule has 0 radical (unpaired) electrons. The summed E-state index contributed by atoms with van der Waals surface area (Å²) < 4.78 is 47.1. The largest absolute Gasteiger partial charge is 0.490 e. The number of alkyl halides is 3. The first-order valence-corrected chi connectivity index (χ1v) is 11.2. The highest BCUT2D eigenvalue weighted by molar-refractivity contribution is 9.10. The first kappa shape index (κ1) is 22.4. The summed E-state index contributed by atoms with van der Waals surface area (Å²) in [6.45, 7) is 0. The van der Waals surface area contributed by atoms with Gasteiger partial charge in [-0.15, -0.1) is 0 Å². The van der Waals surface area contributed by atoms with E-state index in [-0.39, 0.29) is 17.9 Å². The smallest absolute Gasteiger partial charge is 0.421 e. The Balaban J connectivity index is 1.50. The highest BCUT2D eigenvalue weighted by Crippen LogP contribution is 2.35. The van der Waals surface area contributed by atoms with E-state index in [4.69, 9.17) is 4.74 Å².